The van der Waals surface area contributed by atoms with Gasteiger partial charge >= 0.3 is 0 Å². The molecule has 1 atom stereocenters. The van der Waals surface area contributed by atoms with E-state index in [-0.39, 0.29) is 11.3 Å². The van der Waals surface area contributed by atoms with Crippen LogP contribution in [0.4, 0.5) is 5.69 Å². The molecule has 0 radical (unpaired) electrons. The van der Waals surface area contributed by atoms with Gasteiger partial charge < -0.3 is 5.32 Å². The Bertz CT molecular complexity index is 435. The number of nitrogens with one attached hydrogen (secondary N) is 1. The number of rotatable bonds is 3. The Labute approximate surface area is 118 Å². The third-order valence-corrected chi connectivity index (χ3v) is 4.28. The molecular formula is C15H22BrNO. The van der Waals surface area contributed by atoms with Gasteiger partial charge in [-0.05, 0) is 36.0 Å². The van der Waals surface area contributed by atoms with Gasteiger partial charge in [0, 0.05) is 16.6 Å². The first-order valence-electron chi connectivity index (χ1n) is 6.26. The molecule has 0 bridgehead atoms. The van der Waals surface area contributed by atoms with E-state index in [0.29, 0.717) is 12.3 Å². The third kappa shape index (κ3) is 4.45. The maximum Gasteiger partial charge on any atom is 0.224 e. The van der Waals surface area contributed by atoms with Crippen molar-refractivity contribution in [2.24, 2.45) is 11.3 Å². The normalized spacial score (nSPS) is 13.2. The molecule has 1 aromatic carbocycles. The number of carbonyl (C=O) groups excluding carboxylic acids is 1. The first-order valence-corrected chi connectivity index (χ1v) is 7.05. The number of hydrogen-bond donors (Lipinski definition) is 1. The number of amides is 1. The van der Waals surface area contributed by atoms with Gasteiger partial charge in [-0.1, -0.05) is 49.7 Å². The summed E-state index contributed by atoms with van der Waals surface area (Å²) in [5, 5.41) is 2.94. The molecule has 1 amide bonds. The van der Waals surface area contributed by atoms with Gasteiger partial charge in [0.1, 0.15) is 0 Å². The first kappa shape index (κ1) is 15.2. The summed E-state index contributed by atoms with van der Waals surface area (Å²) in [7, 11) is 0. The lowest BCUT2D eigenvalue weighted by atomic mass is 9.80. The summed E-state index contributed by atoms with van der Waals surface area (Å²) in [5.41, 5.74) is 2.17. The maximum atomic E-state index is 11.9. The van der Waals surface area contributed by atoms with Crippen LogP contribution in [0.3, 0.4) is 0 Å². The average molecular weight is 312 g/mol. The van der Waals surface area contributed by atoms with Gasteiger partial charge in [-0.25, -0.2) is 0 Å². The van der Waals surface area contributed by atoms with Crippen LogP contribution in [0.5, 0.6) is 0 Å². The van der Waals surface area contributed by atoms with E-state index in [4.69, 9.17) is 0 Å². The Morgan fingerprint density at radius 2 is 2.00 bits per heavy atom. The standard InChI is InChI=1S/C15H22BrNO/c1-10-6-7-12(9-13(10)16)17-14(18)8-11(2)15(3,4)5/h6-7,9,11H,8H2,1-5H3,(H,17,18). The van der Waals surface area contributed by atoms with E-state index < -0.39 is 0 Å². The van der Waals surface area contributed by atoms with Gasteiger partial charge in [0.2, 0.25) is 5.91 Å². The van der Waals surface area contributed by atoms with Crippen LogP contribution < -0.4 is 5.32 Å². The molecule has 1 aromatic rings. The molecule has 0 aromatic heterocycles. The fourth-order valence-electron chi connectivity index (χ4n) is 1.47. The summed E-state index contributed by atoms with van der Waals surface area (Å²) in [6, 6.07) is 5.86. The zero-order valence-electron chi connectivity index (χ0n) is 11.8. The number of aryl methyl sites for hydroxylation is 1. The molecule has 0 aliphatic heterocycles. The predicted molar refractivity (Wildman–Crippen MR) is 80.7 cm³/mol. The van der Waals surface area contributed by atoms with Crippen LogP contribution in [0.25, 0.3) is 0 Å². The number of benzene rings is 1. The van der Waals surface area contributed by atoms with Crippen LogP contribution in [-0.2, 0) is 4.79 Å². The highest BCUT2D eigenvalue weighted by Gasteiger charge is 2.22. The van der Waals surface area contributed by atoms with Gasteiger partial charge in [-0.3, -0.25) is 4.79 Å². The molecule has 0 saturated heterocycles. The molecule has 100 valence electrons. The highest BCUT2D eigenvalue weighted by Crippen LogP contribution is 2.28. The molecule has 2 nitrogen and oxygen atoms in total. The van der Waals surface area contributed by atoms with Crippen LogP contribution in [0.15, 0.2) is 22.7 Å². The SMILES string of the molecule is Cc1ccc(NC(=O)CC(C)C(C)(C)C)cc1Br. The van der Waals surface area contributed by atoms with Crippen LogP contribution in [0, 0.1) is 18.3 Å². The number of carbonyl (C=O) groups is 1. The molecule has 1 unspecified atom stereocenters. The predicted octanol–water partition coefficient (Wildman–Crippen LogP) is 4.77. The monoisotopic (exact) mass is 311 g/mol. The Morgan fingerprint density at radius 1 is 1.39 bits per heavy atom. The molecule has 0 spiro atoms. The van der Waals surface area contributed by atoms with E-state index in [1.807, 2.05) is 25.1 Å². The molecule has 0 heterocycles. The van der Waals surface area contributed by atoms with Crippen molar-refractivity contribution in [2.45, 2.75) is 41.0 Å². The molecule has 1 rings (SSSR count). The largest absolute Gasteiger partial charge is 0.326 e. The highest BCUT2D eigenvalue weighted by molar-refractivity contribution is 9.10. The quantitative estimate of drug-likeness (QED) is 0.856. The number of hydrogen-bond acceptors (Lipinski definition) is 1. The molecule has 18 heavy (non-hydrogen) atoms. The minimum atomic E-state index is 0.0770. The summed E-state index contributed by atoms with van der Waals surface area (Å²) in [5.74, 6) is 0.430. The number of halogens is 1. The second-order valence-corrected chi connectivity index (χ2v) is 6.84. The molecule has 0 fully saturated rings. The zero-order valence-corrected chi connectivity index (χ0v) is 13.4. The van der Waals surface area contributed by atoms with E-state index in [9.17, 15) is 4.79 Å². The molecule has 0 aliphatic carbocycles. The molecule has 0 saturated carbocycles. The van der Waals surface area contributed by atoms with Crippen molar-refractivity contribution in [3.05, 3.63) is 28.2 Å². The van der Waals surface area contributed by atoms with Crippen molar-refractivity contribution < 1.29 is 4.79 Å². The van der Waals surface area contributed by atoms with Crippen molar-refractivity contribution in [3.63, 3.8) is 0 Å². The Kier molecular flexibility index (Phi) is 4.97. The summed E-state index contributed by atoms with van der Waals surface area (Å²) in [6.45, 7) is 10.6. The van der Waals surface area contributed by atoms with Crippen molar-refractivity contribution >= 4 is 27.5 Å². The van der Waals surface area contributed by atoms with E-state index in [2.05, 4.69) is 48.9 Å². The topological polar surface area (TPSA) is 29.1 Å². The van der Waals surface area contributed by atoms with Crippen LogP contribution in [-0.4, -0.2) is 5.91 Å². The lowest BCUT2D eigenvalue weighted by Crippen LogP contribution is -2.23. The maximum absolute atomic E-state index is 11.9. The Balaban J connectivity index is 2.62. The summed E-state index contributed by atoms with van der Waals surface area (Å²) < 4.78 is 1.02. The molecular weight excluding hydrogens is 290 g/mol. The zero-order chi connectivity index (χ0) is 13.9. The molecule has 1 N–H and O–H groups in total. The van der Waals surface area contributed by atoms with Gasteiger partial charge in [0.25, 0.3) is 0 Å². The second-order valence-electron chi connectivity index (χ2n) is 5.98. The first-order chi connectivity index (χ1) is 8.20. The third-order valence-electron chi connectivity index (χ3n) is 3.43. The highest BCUT2D eigenvalue weighted by atomic mass is 79.9. The number of anilines is 1. The summed E-state index contributed by atoms with van der Waals surface area (Å²) in [4.78, 5) is 11.9. The van der Waals surface area contributed by atoms with Crippen molar-refractivity contribution in [2.75, 3.05) is 5.32 Å². The Hall–Kier alpha value is -0.830. The van der Waals surface area contributed by atoms with Crippen LogP contribution in [0.1, 0.15) is 39.7 Å². The van der Waals surface area contributed by atoms with Gasteiger partial charge in [0.15, 0.2) is 0 Å². The minimum Gasteiger partial charge on any atom is -0.326 e. The van der Waals surface area contributed by atoms with E-state index >= 15 is 0 Å². The smallest absolute Gasteiger partial charge is 0.224 e. The Morgan fingerprint density at radius 3 is 2.50 bits per heavy atom. The van der Waals surface area contributed by atoms with E-state index in [1.54, 1.807) is 0 Å². The lowest BCUT2D eigenvalue weighted by molar-refractivity contribution is -0.117. The second kappa shape index (κ2) is 5.87. The molecule has 3 heteroatoms. The molecule has 0 aliphatic rings. The minimum absolute atomic E-state index is 0.0770. The van der Waals surface area contributed by atoms with E-state index in [0.717, 1.165) is 15.7 Å². The van der Waals surface area contributed by atoms with Gasteiger partial charge in [-0.15, -0.1) is 0 Å². The summed E-state index contributed by atoms with van der Waals surface area (Å²) >= 11 is 3.47. The van der Waals surface area contributed by atoms with Gasteiger partial charge in [-0.2, -0.15) is 0 Å². The van der Waals surface area contributed by atoms with Crippen LogP contribution in [0.2, 0.25) is 0 Å². The fourth-order valence-corrected chi connectivity index (χ4v) is 1.85. The lowest BCUT2D eigenvalue weighted by Gasteiger charge is -2.26. The average Bonchev–Trinajstić information content (AvgIpc) is 2.22. The van der Waals surface area contributed by atoms with E-state index in [1.165, 1.54) is 0 Å². The van der Waals surface area contributed by atoms with Gasteiger partial charge in [0.05, 0.1) is 0 Å². The summed E-state index contributed by atoms with van der Waals surface area (Å²) in [6.07, 6.45) is 0.551. The van der Waals surface area contributed by atoms with Crippen LogP contribution >= 0.6 is 15.9 Å². The van der Waals surface area contributed by atoms with Crippen molar-refractivity contribution in [1.29, 1.82) is 0 Å². The van der Waals surface area contributed by atoms with Crippen molar-refractivity contribution in [3.8, 4) is 0 Å². The fraction of sp³-hybridized carbons (Fsp3) is 0.533. The van der Waals surface area contributed by atoms with Crippen molar-refractivity contribution in [1.82, 2.24) is 0 Å².